The van der Waals surface area contributed by atoms with Gasteiger partial charge in [0.2, 0.25) is 11.9 Å². The molecule has 2 aliphatic rings. The fraction of sp³-hybridized carbons (Fsp3) is 0.381. The first-order valence-electron chi connectivity index (χ1n) is 20.8. The molecule has 0 spiro atoms. The normalized spacial score (nSPS) is 16.0. The predicted octanol–water partition coefficient (Wildman–Crippen LogP) is 3.10. The number of aromatic nitrogens is 11. The number of nitrogens with one attached hydrogen (secondary N) is 1. The maximum atomic E-state index is 14.0. The summed E-state index contributed by atoms with van der Waals surface area (Å²) in [5, 5.41) is 16.2. The van der Waals surface area contributed by atoms with E-state index in [0.717, 1.165) is 56.7 Å². The second-order valence-electron chi connectivity index (χ2n) is 15.5. The molecular weight excluding hydrogens is 845 g/mol. The van der Waals surface area contributed by atoms with Crippen molar-refractivity contribution in [2.75, 3.05) is 80.1 Å². The summed E-state index contributed by atoms with van der Waals surface area (Å²) in [6.45, 7) is 3.54. The molecule has 2 unspecified atom stereocenters. The number of hydrogen-bond donors (Lipinski definition) is 4. The van der Waals surface area contributed by atoms with E-state index in [1.807, 2.05) is 38.9 Å². The van der Waals surface area contributed by atoms with Gasteiger partial charge in [0, 0.05) is 82.0 Å². The number of hydrogen-bond acceptors (Lipinski definition) is 18. The summed E-state index contributed by atoms with van der Waals surface area (Å²) in [5.74, 6) is 0.541. The second kappa shape index (κ2) is 20.3. The number of rotatable bonds is 11. The lowest BCUT2D eigenvalue weighted by molar-refractivity contribution is -0.122. The zero-order valence-electron chi connectivity index (χ0n) is 36.4. The molecular formula is C42H51F2N17O4. The highest BCUT2D eigenvalue weighted by atomic mass is 19.1. The Balaban J connectivity index is 0.000000155. The number of piperidine rings is 2. The van der Waals surface area contributed by atoms with E-state index in [4.69, 9.17) is 26.7 Å². The number of anilines is 5. The summed E-state index contributed by atoms with van der Waals surface area (Å²) in [7, 11) is 6.63. The number of Topliss-reactive ketones (excluding diaryl/α,β-unsaturated/α-hetero) is 2. The minimum absolute atomic E-state index is 0.0165. The van der Waals surface area contributed by atoms with Gasteiger partial charge in [0.1, 0.15) is 52.6 Å². The fourth-order valence-electron chi connectivity index (χ4n) is 7.86. The molecule has 21 nitrogen and oxygen atoms in total. The molecule has 23 heteroatoms. The van der Waals surface area contributed by atoms with Crippen LogP contribution in [0.15, 0.2) is 61.7 Å². The molecule has 0 amide bonds. The summed E-state index contributed by atoms with van der Waals surface area (Å²) in [6, 6.07) is 5.07. The highest BCUT2D eigenvalue weighted by Crippen LogP contribution is 2.32. The molecule has 2 saturated heterocycles. The van der Waals surface area contributed by atoms with E-state index in [0.29, 0.717) is 40.0 Å². The van der Waals surface area contributed by atoms with Crippen LogP contribution in [0.2, 0.25) is 0 Å². The Hall–Kier alpha value is -7.56. The van der Waals surface area contributed by atoms with Crippen LogP contribution in [-0.4, -0.2) is 119 Å². The van der Waals surface area contributed by atoms with Gasteiger partial charge in [-0.05, 0) is 37.8 Å². The molecule has 2 aromatic carbocycles. The van der Waals surface area contributed by atoms with Crippen LogP contribution in [0, 0.1) is 23.5 Å². The molecule has 7 heterocycles. The van der Waals surface area contributed by atoms with Gasteiger partial charge < -0.3 is 41.8 Å². The van der Waals surface area contributed by atoms with Gasteiger partial charge in [0.05, 0.1) is 56.5 Å². The lowest BCUT2D eigenvalue weighted by Gasteiger charge is -2.32. The van der Waals surface area contributed by atoms with Gasteiger partial charge in [-0.1, -0.05) is 0 Å². The van der Waals surface area contributed by atoms with E-state index in [-0.39, 0.29) is 59.9 Å². The van der Waals surface area contributed by atoms with E-state index in [9.17, 15) is 18.4 Å². The molecule has 0 bridgehead atoms. The van der Waals surface area contributed by atoms with Crippen LogP contribution in [0.4, 0.5) is 37.9 Å². The van der Waals surface area contributed by atoms with Gasteiger partial charge in [-0.25, -0.2) is 28.4 Å². The minimum Gasteiger partial charge on any atom is -0.494 e. The van der Waals surface area contributed by atoms with Gasteiger partial charge in [0.25, 0.3) is 0 Å². The summed E-state index contributed by atoms with van der Waals surface area (Å²) < 4.78 is 42.8. The number of ketones is 2. The van der Waals surface area contributed by atoms with Crippen molar-refractivity contribution in [2.24, 2.45) is 31.7 Å². The van der Waals surface area contributed by atoms with Crippen molar-refractivity contribution in [3.8, 4) is 17.3 Å². The number of nitrogens with zero attached hydrogens (tertiary/aromatic N) is 13. The van der Waals surface area contributed by atoms with Crippen LogP contribution < -0.4 is 41.8 Å². The largest absolute Gasteiger partial charge is 0.494 e. The number of benzene rings is 2. The molecule has 65 heavy (non-hydrogen) atoms. The maximum absolute atomic E-state index is 14.0. The smallest absolute Gasteiger partial charge is 0.222 e. The molecule has 2 aliphatic heterocycles. The number of fused-ring (bicyclic) bond motifs is 2. The van der Waals surface area contributed by atoms with Crippen molar-refractivity contribution in [1.82, 2.24) is 54.3 Å². The van der Waals surface area contributed by atoms with Gasteiger partial charge in [-0.15, -0.1) is 0 Å². The highest BCUT2D eigenvalue weighted by Gasteiger charge is 2.28. The molecule has 2 atom stereocenters. The first-order chi connectivity index (χ1) is 31.3. The van der Waals surface area contributed by atoms with E-state index in [1.165, 1.54) is 55.8 Å². The molecule has 0 saturated carbocycles. The van der Waals surface area contributed by atoms with Crippen molar-refractivity contribution >= 4 is 62.5 Å². The average Bonchev–Trinajstić information content (AvgIpc) is 4.11. The third-order valence-electron chi connectivity index (χ3n) is 11.0. The number of halogens is 2. The number of carbonyl (C=O) groups excluding carboxylic acids is 2. The number of nitrogens with two attached hydrogens (primary N) is 3. The van der Waals surface area contributed by atoms with Crippen molar-refractivity contribution in [3.05, 3.63) is 73.3 Å². The third kappa shape index (κ3) is 10.8. The van der Waals surface area contributed by atoms with E-state index >= 15 is 0 Å². The lowest BCUT2D eigenvalue weighted by atomic mass is 9.93. The van der Waals surface area contributed by atoms with Gasteiger partial charge >= 0.3 is 0 Å². The molecule has 7 aromatic rings. The van der Waals surface area contributed by atoms with Crippen LogP contribution in [0.5, 0.6) is 11.5 Å². The number of aryl methyl sites for hydroxylation is 2. The molecule has 7 N–H and O–H groups in total. The number of nitrogen functional groups attached to an aromatic ring is 2. The van der Waals surface area contributed by atoms with E-state index < -0.39 is 11.6 Å². The monoisotopic (exact) mass is 895 g/mol. The van der Waals surface area contributed by atoms with Crippen molar-refractivity contribution in [1.29, 1.82) is 0 Å². The molecule has 342 valence electrons. The fourth-order valence-corrected chi connectivity index (χ4v) is 7.86. The summed E-state index contributed by atoms with van der Waals surface area (Å²) >= 11 is 0. The highest BCUT2D eigenvalue weighted by molar-refractivity contribution is 5.96. The Morgan fingerprint density at radius 1 is 0.754 bits per heavy atom. The molecule has 2 fully saturated rings. The molecule has 9 rings (SSSR count). The zero-order valence-corrected chi connectivity index (χ0v) is 36.4. The van der Waals surface area contributed by atoms with Crippen LogP contribution in [0.3, 0.4) is 0 Å². The SMILES string of the molecule is COc1cc(F)cc2c(-n3cncn3)nc(N)nc12.COc1cc(F)cc2c(NCC(=O)C3CCCN(c4cnn(C)c4)C3)nc(N)nc12.Cn1cc(N2CCCC(C(=O)CN)C2)cn1. The Morgan fingerprint density at radius 3 is 1.80 bits per heavy atom. The van der Waals surface area contributed by atoms with Crippen molar-refractivity contribution < 1.29 is 27.8 Å². The molecule has 0 aliphatic carbocycles. The van der Waals surface area contributed by atoms with Gasteiger partial charge in [0.15, 0.2) is 17.4 Å². The quantitative estimate of drug-likeness (QED) is 0.145. The number of carbonyl (C=O) groups is 2. The first-order valence-corrected chi connectivity index (χ1v) is 20.8. The standard InChI is InChI=1S/C20H24FN7O2.C11H9FN6O.C11H18N4O/c1-27-11-14(8-24-27)28-5-3-4-12(10-28)16(29)9-23-19-15-6-13(21)7-17(30-2)18(15)25-20(22)26-19;1-19-8-3-6(12)2-7-9(8)16-11(13)17-10(7)18-5-14-4-15-18;1-14-8-10(6-13-14)15-4-2-3-9(7-15)11(16)5-12/h6-8,11-12H,3-5,9-10H2,1-2H3,(H3,22,23,25,26);2-5H,1H3,(H2,13,16,17);6,8-9H,2-5,7,12H2,1H3. The second-order valence-corrected chi connectivity index (χ2v) is 15.5. The van der Waals surface area contributed by atoms with E-state index in [2.05, 4.69) is 55.3 Å². The van der Waals surface area contributed by atoms with E-state index in [1.54, 1.807) is 9.36 Å². The van der Waals surface area contributed by atoms with Gasteiger partial charge in [-0.3, -0.25) is 19.0 Å². The summed E-state index contributed by atoms with van der Waals surface area (Å²) in [5.41, 5.74) is 19.8. The summed E-state index contributed by atoms with van der Waals surface area (Å²) in [6.07, 6.45) is 14.1. The number of methoxy groups -OCH3 is 2. The topological polar surface area (TPSA) is 267 Å². The molecule has 0 radical (unpaired) electrons. The Labute approximate surface area is 371 Å². The van der Waals surface area contributed by atoms with Crippen molar-refractivity contribution in [3.63, 3.8) is 0 Å². The first kappa shape index (κ1) is 45.5. The maximum Gasteiger partial charge on any atom is 0.222 e. The van der Waals surface area contributed by atoms with Crippen molar-refractivity contribution in [2.45, 2.75) is 25.7 Å². The Morgan fingerprint density at radius 2 is 1.29 bits per heavy atom. The number of ether oxygens (including phenoxy) is 2. The zero-order chi connectivity index (χ0) is 46.2. The molecule has 5 aromatic heterocycles. The van der Waals surface area contributed by atoms with Crippen LogP contribution in [0.25, 0.3) is 27.6 Å². The average molecular weight is 896 g/mol. The summed E-state index contributed by atoms with van der Waals surface area (Å²) in [4.78, 5) is 49.1. The van der Waals surface area contributed by atoms with Crippen LogP contribution in [0.1, 0.15) is 25.7 Å². The van der Waals surface area contributed by atoms with Gasteiger partial charge in [-0.2, -0.15) is 25.3 Å². The Kier molecular flexibility index (Phi) is 14.2. The lowest BCUT2D eigenvalue weighted by Crippen LogP contribution is -2.40. The minimum atomic E-state index is -0.485. The third-order valence-corrected chi connectivity index (χ3v) is 11.0. The van der Waals surface area contributed by atoms with Crippen LogP contribution >= 0.6 is 0 Å². The Bertz CT molecular complexity index is 2760. The predicted molar refractivity (Wildman–Crippen MR) is 240 cm³/mol. The van der Waals surface area contributed by atoms with Crippen LogP contribution in [-0.2, 0) is 23.7 Å².